The third-order valence-corrected chi connectivity index (χ3v) is 4.38. The maximum absolute atomic E-state index is 11.3. The maximum Gasteiger partial charge on any atom is 0.307 e. The van der Waals surface area contributed by atoms with E-state index in [2.05, 4.69) is 10.1 Å². The van der Waals surface area contributed by atoms with Crippen LogP contribution in [0.4, 0.5) is 0 Å². The summed E-state index contributed by atoms with van der Waals surface area (Å²) in [7, 11) is 0. The second-order valence-corrected chi connectivity index (χ2v) is 5.74. The molecule has 0 aromatic carbocycles. The molecule has 2 fully saturated rings. The van der Waals surface area contributed by atoms with Crippen molar-refractivity contribution < 1.29 is 19.2 Å². The molecule has 6 heteroatoms. The molecule has 3 rings (SSSR count). The summed E-state index contributed by atoms with van der Waals surface area (Å²) in [6, 6.07) is 0. The highest BCUT2D eigenvalue weighted by Gasteiger charge is 2.36. The quantitative estimate of drug-likeness (QED) is 0.914. The standard InChI is InChI=1S/C14H20N2O4/c17-14(18)11-6-2-1-5-10(11)13-15-12(16-20-13)9-4-3-7-19-8-9/h9-11H,1-8H2,(H,17,18). The highest BCUT2D eigenvalue weighted by atomic mass is 16.5. The molecule has 1 aromatic rings. The minimum Gasteiger partial charge on any atom is -0.481 e. The third-order valence-electron chi connectivity index (χ3n) is 4.38. The lowest BCUT2D eigenvalue weighted by Crippen LogP contribution is -2.25. The van der Waals surface area contributed by atoms with Gasteiger partial charge in [0.05, 0.1) is 18.4 Å². The number of rotatable bonds is 3. The van der Waals surface area contributed by atoms with Gasteiger partial charge in [0.2, 0.25) is 5.89 Å². The van der Waals surface area contributed by atoms with Gasteiger partial charge < -0.3 is 14.4 Å². The van der Waals surface area contributed by atoms with Crippen molar-refractivity contribution in [1.29, 1.82) is 0 Å². The number of ether oxygens (including phenoxy) is 1. The maximum atomic E-state index is 11.3. The lowest BCUT2D eigenvalue weighted by molar-refractivity contribution is -0.143. The SMILES string of the molecule is O=C(O)C1CCCCC1c1nc(C2CCCOC2)no1. The summed E-state index contributed by atoms with van der Waals surface area (Å²) in [5, 5.41) is 13.4. The van der Waals surface area contributed by atoms with E-state index >= 15 is 0 Å². The minimum atomic E-state index is -0.754. The van der Waals surface area contributed by atoms with Crippen molar-refractivity contribution >= 4 is 5.97 Å². The molecule has 1 aromatic heterocycles. The zero-order valence-corrected chi connectivity index (χ0v) is 11.5. The molecule has 0 bridgehead atoms. The van der Waals surface area contributed by atoms with Crippen LogP contribution in [-0.2, 0) is 9.53 Å². The summed E-state index contributed by atoms with van der Waals surface area (Å²) >= 11 is 0. The van der Waals surface area contributed by atoms with Crippen LogP contribution in [0.15, 0.2) is 4.52 Å². The summed E-state index contributed by atoms with van der Waals surface area (Å²) in [5.74, 6) is 0.0855. The summed E-state index contributed by atoms with van der Waals surface area (Å²) in [4.78, 5) is 15.8. The molecular weight excluding hydrogens is 260 g/mol. The fraction of sp³-hybridized carbons (Fsp3) is 0.786. The molecule has 0 amide bonds. The van der Waals surface area contributed by atoms with Crippen molar-refractivity contribution in [3.63, 3.8) is 0 Å². The number of carboxylic acids is 1. The summed E-state index contributed by atoms with van der Waals surface area (Å²) in [6.07, 6.45) is 5.52. The molecule has 2 heterocycles. The smallest absolute Gasteiger partial charge is 0.307 e. The Balaban J connectivity index is 1.76. The molecule has 0 radical (unpaired) electrons. The van der Waals surface area contributed by atoms with Crippen molar-refractivity contribution in [3.05, 3.63) is 11.7 Å². The Morgan fingerprint density at radius 1 is 1.20 bits per heavy atom. The Morgan fingerprint density at radius 2 is 2.05 bits per heavy atom. The van der Waals surface area contributed by atoms with Gasteiger partial charge in [-0.3, -0.25) is 4.79 Å². The van der Waals surface area contributed by atoms with Crippen molar-refractivity contribution in [2.75, 3.05) is 13.2 Å². The van der Waals surface area contributed by atoms with E-state index in [1.54, 1.807) is 0 Å². The van der Waals surface area contributed by atoms with Gasteiger partial charge in [-0.2, -0.15) is 4.98 Å². The Hall–Kier alpha value is -1.43. The normalized spacial score (nSPS) is 31.1. The van der Waals surface area contributed by atoms with E-state index in [4.69, 9.17) is 9.26 Å². The van der Waals surface area contributed by atoms with Crippen LogP contribution in [-0.4, -0.2) is 34.4 Å². The monoisotopic (exact) mass is 280 g/mol. The highest BCUT2D eigenvalue weighted by molar-refractivity contribution is 5.71. The zero-order chi connectivity index (χ0) is 13.9. The van der Waals surface area contributed by atoms with E-state index in [0.717, 1.165) is 38.7 Å². The molecule has 0 spiro atoms. The van der Waals surface area contributed by atoms with E-state index in [1.807, 2.05) is 0 Å². The van der Waals surface area contributed by atoms with E-state index in [-0.39, 0.29) is 17.8 Å². The second-order valence-electron chi connectivity index (χ2n) is 5.74. The van der Waals surface area contributed by atoms with E-state index < -0.39 is 5.97 Å². The van der Waals surface area contributed by atoms with Gasteiger partial charge in [-0.1, -0.05) is 18.0 Å². The first kappa shape index (κ1) is 13.5. The number of hydrogen-bond acceptors (Lipinski definition) is 5. The van der Waals surface area contributed by atoms with Crippen molar-refractivity contribution in [1.82, 2.24) is 10.1 Å². The molecule has 1 saturated heterocycles. The zero-order valence-electron chi connectivity index (χ0n) is 11.5. The molecule has 1 N–H and O–H groups in total. The van der Waals surface area contributed by atoms with Gasteiger partial charge in [-0.05, 0) is 25.7 Å². The molecule has 3 unspecified atom stereocenters. The summed E-state index contributed by atoms with van der Waals surface area (Å²) in [6.45, 7) is 1.43. The molecule has 1 aliphatic carbocycles. The minimum absolute atomic E-state index is 0.132. The number of carboxylic acid groups (broad SMARTS) is 1. The highest BCUT2D eigenvalue weighted by Crippen LogP contribution is 2.37. The Kier molecular flexibility index (Phi) is 4.00. The van der Waals surface area contributed by atoms with Crippen LogP contribution in [0.25, 0.3) is 0 Å². The Bertz CT molecular complexity index is 467. The van der Waals surface area contributed by atoms with Gasteiger partial charge in [0, 0.05) is 12.5 Å². The Labute approximate surface area is 117 Å². The van der Waals surface area contributed by atoms with Crippen LogP contribution in [0.1, 0.15) is 62.1 Å². The predicted molar refractivity (Wildman–Crippen MR) is 69.4 cm³/mol. The lowest BCUT2D eigenvalue weighted by Gasteiger charge is -2.25. The largest absolute Gasteiger partial charge is 0.481 e. The summed E-state index contributed by atoms with van der Waals surface area (Å²) in [5.41, 5.74) is 0. The van der Waals surface area contributed by atoms with Crippen LogP contribution in [0.5, 0.6) is 0 Å². The Morgan fingerprint density at radius 3 is 2.80 bits per heavy atom. The van der Waals surface area contributed by atoms with Crippen LogP contribution in [0, 0.1) is 5.92 Å². The van der Waals surface area contributed by atoms with Gasteiger partial charge >= 0.3 is 5.97 Å². The molecule has 6 nitrogen and oxygen atoms in total. The molecule has 110 valence electrons. The molecule has 1 saturated carbocycles. The topological polar surface area (TPSA) is 85.5 Å². The first-order valence-corrected chi connectivity index (χ1v) is 7.39. The van der Waals surface area contributed by atoms with Crippen molar-refractivity contribution in [2.24, 2.45) is 5.92 Å². The third kappa shape index (κ3) is 2.70. The predicted octanol–water partition coefficient (Wildman–Crippen LogP) is 2.32. The average molecular weight is 280 g/mol. The van der Waals surface area contributed by atoms with Gasteiger partial charge in [0.25, 0.3) is 0 Å². The van der Waals surface area contributed by atoms with Crippen LogP contribution in [0.2, 0.25) is 0 Å². The number of carbonyl (C=O) groups is 1. The van der Waals surface area contributed by atoms with Crippen LogP contribution in [0.3, 0.4) is 0 Å². The van der Waals surface area contributed by atoms with E-state index in [9.17, 15) is 9.90 Å². The van der Waals surface area contributed by atoms with Gasteiger partial charge in [0.15, 0.2) is 5.82 Å². The molecule has 1 aliphatic heterocycles. The van der Waals surface area contributed by atoms with E-state index in [0.29, 0.717) is 24.7 Å². The van der Waals surface area contributed by atoms with E-state index in [1.165, 1.54) is 0 Å². The number of aromatic nitrogens is 2. The first-order chi connectivity index (χ1) is 9.75. The summed E-state index contributed by atoms with van der Waals surface area (Å²) < 4.78 is 10.8. The molecule has 2 aliphatic rings. The number of aliphatic carboxylic acids is 1. The molecule has 20 heavy (non-hydrogen) atoms. The van der Waals surface area contributed by atoms with Crippen molar-refractivity contribution in [3.8, 4) is 0 Å². The lowest BCUT2D eigenvalue weighted by atomic mass is 9.79. The van der Waals surface area contributed by atoms with Crippen LogP contribution < -0.4 is 0 Å². The number of nitrogens with zero attached hydrogens (tertiary/aromatic N) is 2. The van der Waals surface area contributed by atoms with Gasteiger partial charge in [-0.25, -0.2) is 0 Å². The number of hydrogen-bond donors (Lipinski definition) is 1. The first-order valence-electron chi connectivity index (χ1n) is 7.39. The molecular formula is C14H20N2O4. The van der Waals surface area contributed by atoms with Crippen molar-refractivity contribution in [2.45, 2.75) is 50.4 Å². The van der Waals surface area contributed by atoms with Crippen LogP contribution >= 0.6 is 0 Å². The van der Waals surface area contributed by atoms with Gasteiger partial charge in [-0.15, -0.1) is 0 Å². The second kappa shape index (κ2) is 5.91. The average Bonchev–Trinajstić information content (AvgIpc) is 2.98. The van der Waals surface area contributed by atoms with Gasteiger partial charge in [0.1, 0.15) is 0 Å². The molecule has 3 atom stereocenters. The fourth-order valence-electron chi connectivity index (χ4n) is 3.23. The fourth-order valence-corrected chi connectivity index (χ4v) is 3.23.